The quantitative estimate of drug-likeness (QED) is 0.633. The maximum absolute atomic E-state index is 11.5. The molecule has 5 nitrogen and oxygen atoms in total. The number of aromatic nitrogens is 2. The van der Waals surface area contributed by atoms with E-state index in [2.05, 4.69) is 15.5 Å². The molecule has 0 saturated heterocycles. The monoisotopic (exact) mass is 200 g/mol. The first kappa shape index (κ1) is 10.6. The zero-order valence-corrected chi connectivity index (χ0v) is 8.10. The summed E-state index contributed by atoms with van der Waals surface area (Å²) in [6.07, 6.45) is 0. The maximum Gasteiger partial charge on any atom is 0.242 e. The molecule has 1 aromatic heterocycles. The van der Waals surface area contributed by atoms with Crippen molar-refractivity contribution in [2.24, 2.45) is 0 Å². The van der Waals surface area contributed by atoms with Crippen molar-refractivity contribution in [3.8, 4) is 0 Å². The van der Waals surface area contributed by atoms with Gasteiger partial charge in [-0.05, 0) is 5.92 Å². The lowest BCUT2D eigenvalue weighted by Crippen LogP contribution is -2.23. The molecule has 78 valence electrons. The lowest BCUT2D eigenvalue weighted by atomic mass is 10.1. The molecule has 14 heavy (non-hydrogen) atoms. The second kappa shape index (κ2) is 4.71. The van der Waals surface area contributed by atoms with Crippen LogP contribution >= 0.6 is 0 Å². The molecule has 0 aliphatic heterocycles. The van der Waals surface area contributed by atoms with Crippen molar-refractivity contribution in [3.05, 3.63) is 11.8 Å². The molecule has 3 N–H and O–H groups in total. The van der Waals surface area contributed by atoms with E-state index >= 15 is 0 Å². The van der Waals surface area contributed by atoms with Crippen LogP contribution < -0.4 is 10.9 Å². The Bertz CT molecular complexity index is 310. The standard InChI is InChI=1S/C8H13FN4O/c1-5(2)6-3-7(13-12-6)11-8(14)4-10-9/h3,5,10H,4H2,1-2H3,(H2,11,12,13,14). The highest BCUT2D eigenvalue weighted by atomic mass is 19.2. The minimum Gasteiger partial charge on any atom is -0.308 e. The van der Waals surface area contributed by atoms with Gasteiger partial charge < -0.3 is 5.32 Å². The molecule has 0 atom stereocenters. The van der Waals surface area contributed by atoms with E-state index in [1.54, 1.807) is 6.07 Å². The first-order chi connectivity index (χ1) is 6.63. The van der Waals surface area contributed by atoms with Crippen LogP contribution in [0, 0.1) is 0 Å². The van der Waals surface area contributed by atoms with Crippen molar-refractivity contribution in [2.45, 2.75) is 19.8 Å². The number of nitrogens with zero attached hydrogens (tertiary/aromatic N) is 1. The zero-order chi connectivity index (χ0) is 10.6. The molecule has 6 heteroatoms. The molecule has 1 amide bonds. The summed E-state index contributed by atoms with van der Waals surface area (Å²) in [5, 5.41) is 9.06. The molecule has 0 aliphatic rings. The van der Waals surface area contributed by atoms with E-state index in [0.717, 1.165) is 5.69 Å². The summed E-state index contributed by atoms with van der Waals surface area (Å²) >= 11 is 0. The van der Waals surface area contributed by atoms with Crippen LogP contribution in [0.3, 0.4) is 0 Å². The first-order valence-electron chi connectivity index (χ1n) is 4.32. The number of hydrogen-bond acceptors (Lipinski definition) is 3. The largest absolute Gasteiger partial charge is 0.308 e. The Hall–Kier alpha value is -1.43. The third-order valence-corrected chi connectivity index (χ3v) is 1.71. The van der Waals surface area contributed by atoms with Gasteiger partial charge in [-0.15, -0.1) is 10.0 Å². The molecule has 0 radical (unpaired) electrons. The molecule has 0 aliphatic carbocycles. The summed E-state index contributed by atoms with van der Waals surface area (Å²) in [5.41, 5.74) is 2.19. The maximum atomic E-state index is 11.5. The second-order valence-electron chi connectivity index (χ2n) is 3.22. The van der Waals surface area contributed by atoms with E-state index < -0.39 is 5.91 Å². The fraction of sp³-hybridized carbons (Fsp3) is 0.500. The number of carbonyl (C=O) groups excluding carboxylic acids is 1. The fourth-order valence-electron chi connectivity index (χ4n) is 0.944. The highest BCUT2D eigenvalue weighted by Gasteiger charge is 2.07. The van der Waals surface area contributed by atoms with Crippen LogP contribution in [0.2, 0.25) is 0 Å². The SMILES string of the molecule is CC(C)c1cc(NC(=O)CNF)n[nH]1. The number of anilines is 1. The van der Waals surface area contributed by atoms with Gasteiger partial charge in [0.15, 0.2) is 5.82 Å². The van der Waals surface area contributed by atoms with Gasteiger partial charge in [0.05, 0.1) is 0 Å². The third-order valence-electron chi connectivity index (χ3n) is 1.71. The molecule has 0 bridgehead atoms. The summed E-state index contributed by atoms with van der Waals surface area (Å²) in [4.78, 5) is 10.9. The van der Waals surface area contributed by atoms with E-state index in [1.807, 2.05) is 13.8 Å². The molecule has 0 unspecified atom stereocenters. The Morgan fingerprint density at radius 1 is 1.71 bits per heavy atom. The van der Waals surface area contributed by atoms with Crippen LogP contribution in [-0.4, -0.2) is 22.6 Å². The number of halogens is 1. The number of carbonyl (C=O) groups is 1. The normalized spacial score (nSPS) is 10.6. The van der Waals surface area contributed by atoms with Gasteiger partial charge in [-0.3, -0.25) is 9.89 Å². The number of nitrogens with one attached hydrogen (secondary N) is 3. The van der Waals surface area contributed by atoms with Gasteiger partial charge in [0.25, 0.3) is 0 Å². The number of hydrogen-bond donors (Lipinski definition) is 3. The Labute approximate surface area is 81.0 Å². The van der Waals surface area contributed by atoms with E-state index in [0.29, 0.717) is 11.7 Å². The van der Waals surface area contributed by atoms with E-state index in [1.165, 1.54) is 5.54 Å². The Morgan fingerprint density at radius 3 is 2.93 bits per heavy atom. The van der Waals surface area contributed by atoms with Crippen molar-refractivity contribution in [1.29, 1.82) is 0 Å². The molecule has 0 saturated carbocycles. The van der Waals surface area contributed by atoms with Gasteiger partial charge in [0, 0.05) is 11.8 Å². The zero-order valence-electron chi connectivity index (χ0n) is 8.10. The third kappa shape index (κ3) is 2.81. The minimum absolute atomic E-state index is 0.312. The van der Waals surface area contributed by atoms with Gasteiger partial charge in [0.1, 0.15) is 6.54 Å². The van der Waals surface area contributed by atoms with Gasteiger partial charge in [0.2, 0.25) is 5.91 Å². The van der Waals surface area contributed by atoms with Crippen molar-refractivity contribution >= 4 is 11.7 Å². The molecule has 1 heterocycles. The number of aromatic amines is 1. The predicted octanol–water partition coefficient (Wildman–Crippen LogP) is 0.946. The van der Waals surface area contributed by atoms with Crippen LogP contribution in [0.5, 0.6) is 0 Å². The second-order valence-corrected chi connectivity index (χ2v) is 3.22. The Balaban J connectivity index is 2.55. The predicted molar refractivity (Wildman–Crippen MR) is 50.4 cm³/mol. The van der Waals surface area contributed by atoms with Gasteiger partial charge >= 0.3 is 0 Å². The topological polar surface area (TPSA) is 69.8 Å². The Morgan fingerprint density at radius 2 is 2.43 bits per heavy atom. The lowest BCUT2D eigenvalue weighted by molar-refractivity contribution is -0.116. The first-order valence-corrected chi connectivity index (χ1v) is 4.32. The van der Waals surface area contributed by atoms with Gasteiger partial charge in [-0.25, -0.2) is 0 Å². The molecule has 1 rings (SSSR count). The molecule has 1 aromatic rings. The Kier molecular flexibility index (Phi) is 3.58. The smallest absolute Gasteiger partial charge is 0.242 e. The van der Waals surface area contributed by atoms with Crippen molar-refractivity contribution in [1.82, 2.24) is 15.7 Å². The van der Waals surface area contributed by atoms with E-state index in [4.69, 9.17) is 0 Å². The molecule has 0 aromatic carbocycles. The summed E-state index contributed by atoms with van der Waals surface area (Å²) in [7, 11) is 0. The number of H-pyrrole nitrogens is 1. The van der Waals surface area contributed by atoms with Crippen molar-refractivity contribution in [2.75, 3.05) is 11.9 Å². The average Bonchev–Trinajstić information content (AvgIpc) is 2.53. The van der Waals surface area contributed by atoms with Gasteiger partial charge in [-0.2, -0.15) is 5.10 Å². The molecule has 0 spiro atoms. The summed E-state index contributed by atoms with van der Waals surface area (Å²) in [6.45, 7) is 3.63. The highest BCUT2D eigenvalue weighted by molar-refractivity contribution is 5.91. The van der Waals surface area contributed by atoms with Crippen LogP contribution in [0.4, 0.5) is 10.3 Å². The number of amides is 1. The molecule has 0 fully saturated rings. The van der Waals surface area contributed by atoms with Crippen molar-refractivity contribution < 1.29 is 9.28 Å². The summed E-state index contributed by atoms with van der Waals surface area (Å²) in [6, 6.07) is 1.72. The van der Waals surface area contributed by atoms with Crippen LogP contribution in [0.15, 0.2) is 6.07 Å². The van der Waals surface area contributed by atoms with E-state index in [9.17, 15) is 9.28 Å². The van der Waals surface area contributed by atoms with Crippen LogP contribution in [0.1, 0.15) is 25.5 Å². The number of rotatable bonds is 4. The van der Waals surface area contributed by atoms with Crippen molar-refractivity contribution in [3.63, 3.8) is 0 Å². The summed E-state index contributed by atoms with van der Waals surface area (Å²) < 4.78 is 11.5. The lowest BCUT2D eigenvalue weighted by Gasteiger charge is -1.98. The molecular weight excluding hydrogens is 187 g/mol. The van der Waals surface area contributed by atoms with Crippen LogP contribution in [-0.2, 0) is 4.79 Å². The van der Waals surface area contributed by atoms with E-state index in [-0.39, 0.29) is 6.54 Å². The molecular formula is C8H13FN4O. The van der Waals surface area contributed by atoms with Crippen LogP contribution in [0.25, 0.3) is 0 Å². The van der Waals surface area contributed by atoms with Gasteiger partial charge in [-0.1, -0.05) is 13.8 Å². The minimum atomic E-state index is -0.464. The summed E-state index contributed by atoms with van der Waals surface area (Å²) in [5.74, 6) is 0.260. The average molecular weight is 200 g/mol. The fourth-order valence-corrected chi connectivity index (χ4v) is 0.944. The highest BCUT2D eigenvalue weighted by Crippen LogP contribution is 2.14.